The van der Waals surface area contributed by atoms with Crippen molar-refractivity contribution < 1.29 is 14.3 Å². The second-order valence-electron chi connectivity index (χ2n) is 4.78. The normalized spacial score (nSPS) is 20.4. The third-order valence-electron chi connectivity index (χ3n) is 3.98. The van der Waals surface area contributed by atoms with Gasteiger partial charge in [-0.1, -0.05) is 26.2 Å². The molecule has 0 aromatic carbocycles. The SMILES string of the molecule is CCC(C(=O)NC)C1(C(=O)OC)CCCCC1. The molecule has 1 fully saturated rings. The van der Waals surface area contributed by atoms with Crippen LogP contribution < -0.4 is 5.32 Å². The summed E-state index contributed by atoms with van der Waals surface area (Å²) in [5.41, 5.74) is -0.595. The zero-order chi connectivity index (χ0) is 12.9. The van der Waals surface area contributed by atoms with Gasteiger partial charge >= 0.3 is 5.97 Å². The van der Waals surface area contributed by atoms with Gasteiger partial charge in [0.15, 0.2) is 0 Å². The van der Waals surface area contributed by atoms with Crippen molar-refractivity contribution in [1.29, 1.82) is 0 Å². The minimum atomic E-state index is -0.595. The Morgan fingerprint density at radius 1 is 1.29 bits per heavy atom. The van der Waals surface area contributed by atoms with Gasteiger partial charge in [0.2, 0.25) is 5.91 Å². The predicted octanol–water partition coefficient (Wildman–Crippen LogP) is 1.88. The van der Waals surface area contributed by atoms with Crippen molar-refractivity contribution in [3.05, 3.63) is 0 Å². The molecule has 1 aliphatic carbocycles. The van der Waals surface area contributed by atoms with Crippen LogP contribution >= 0.6 is 0 Å². The van der Waals surface area contributed by atoms with E-state index in [1.165, 1.54) is 7.11 Å². The summed E-state index contributed by atoms with van der Waals surface area (Å²) in [5, 5.41) is 2.67. The molecule has 17 heavy (non-hydrogen) atoms. The molecule has 0 spiro atoms. The zero-order valence-electron chi connectivity index (χ0n) is 11.0. The molecular formula is C13H23NO3. The Hall–Kier alpha value is -1.06. The van der Waals surface area contributed by atoms with Gasteiger partial charge in [-0.05, 0) is 19.3 Å². The Bertz CT molecular complexity index is 282. The van der Waals surface area contributed by atoms with E-state index in [9.17, 15) is 9.59 Å². The van der Waals surface area contributed by atoms with E-state index in [1.807, 2.05) is 6.92 Å². The summed E-state index contributed by atoms with van der Waals surface area (Å²) in [6.07, 6.45) is 5.36. The fourth-order valence-electron chi connectivity index (χ4n) is 3.08. The second-order valence-corrected chi connectivity index (χ2v) is 4.78. The molecule has 0 aromatic rings. The minimum absolute atomic E-state index is 0.0419. The number of rotatable bonds is 4. The van der Waals surface area contributed by atoms with Crippen LogP contribution in [0.2, 0.25) is 0 Å². The van der Waals surface area contributed by atoms with Gasteiger partial charge in [-0.2, -0.15) is 0 Å². The topological polar surface area (TPSA) is 55.4 Å². The third kappa shape index (κ3) is 2.61. The molecule has 1 N–H and O–H groups in total. The van der Waals surface area contributed by atoms with E-state index in [0.29, 0.717) is 6.42 Å². The Kier molecular flexibility index (Phi) is 4.97. The van der Waals surface area contributed by atoms with Crippen molar-refractivity contribution >= 4 is 11.9 Å². The Morgan fingerprint density at radius 2 is 1.88 bits per heavy atom. The molecule has 0 bridgehead atoms. The standard InChI is InChI=1S/C13H23NO3/c1-4-10(11(15)14-2)13(12(16)17-3)8-6-5-7-9-13/h10H,4-9H2,1-3H3,(H,14,15). The average molecular weight is 241 g/mol. The van der Waals surface area contributed by atoms with Gasteiger partial charge in [-0.3, -0.25) is 9.59 Å². The largest absolute Gasteiger partial charge is 0.469 e. The number of esters is 1. The van der Waals surface area contributed by atoms with Crippen LogP contribution in [0.25, 0.3) is 0 Å². The summed E-state index contributed by atoms with van der Waals surface area (Å²) in [7, 11) is 3.04. The number of carbonyl (C=O) groups excluding carboxylic acids is 2. The molecule has 4 nitrogen and oxygen atoms in total. The van der Waals surface area contributed by atoms with E-state index in [0.717, 1.165) is 32.1 Å². The smallest absolute Gasteiger partial charge is 0.312 e. The highest BCUT2D eigenvalue weighted by Crippen LogP contribution is 2.45. The number of carbonyl (C=O) groups is 2. The average Bonchev–Trinajstić information content (AvgIpc) is 2.39. The highest BCUT2D eigenvalue weighted by atomic mass is 16.5. The van der Waals surface area contributed by atoms with Gasteiger partial charge < -0.3 is 10.1 Å². The molecule has 1 rings (SSSR count). The molecule has 0 aromatic heterocycles. The quantitative estimate of drug-likeness (QED) is 0.765. The van der Waals surface area contributed by atoms with Gasteiger partial charge in [0.1, 0.15) is 0 Å². The van der Waals surface area contributed by atoms with Gasteiger partial charge in [-0.25, -0.2) is 0 Å². The number of methoxy groups -OCH3 is 1. The maximum atomic E-state index is 12.1. The third-order valence-corrected chi connectivity index (χ3v) is 3.98. The summed E-state index contributed by atoms with van der Waals surface area (Å²) < 4.78 is 4.95. The molecule has 0 heterocycles. The summed E-state index contributed by atoms with van der Waals surface area (Å²) in [6, 6.07) is 0. The van der Waals surface area contributed by atoms with Crippen LogP contribution in [0.4, 0.5) is 0 Å². The minimum Gasteiger partial charge on any atom is -0.469 e. The monoisotopic (exact) mass is 241 g/mol. The van der Waals surface area contributed by atoms with Crippen LogP contribution in [0, 0.1) is 11.3 Å². The zero-order valence-corrected chi connectivity index (χ0v) is 11.0. The highest BCUT2D eigenvalue weighted by Gasteiger charge is 2.49. The molecule has 1 saturated carbocycles. The molecule has 1 amide bonds. The van der Waals surface area contributed by atoms with Crippen molar-refractivity contribution in [3.63, 3.8) is 0 Å². The molecular weight excluding hydrogens is 218 g/mol. The van der Waals surface area contributed by atoms with E-state index in [1.54, 1.807) is 7.05 Å². The molecule has 1 atom stereocenters. The van der Waals surface area contributed by atoms with Crippen molar-refractivity contribution in [2.75, 3.05) is 14.2 Å². The number of hydrogen-bond donors (Lipinski definition) is 1. The van der Waals surface area contributed by atoms with Crippen LogP contribution in [0.5, 0.6) is 0 Å². The van der Waals surface area contributed by atoms with Gasteiger partial charge in [0.25, 0.3) is 0 Å². The van der Waals surface area contributed by atoms with Gasteiger partial charge in [0, 0.05) is 7.05 Å². The first-order valence-electron chi connectivity index (χ1n) is 6.42. The number of amides is 1. The van der Waals surface area contributed by atoms with Crippen molar-refractivity contribution in [3.8, 4) is 0 Å². The van der Waals surface area contributed by atoms with Crippen LogP contribution in [0.3, 0.4) is 0 Å². The van der Waals surface area contributed by atoms with Crippen molar-refractivity contribution in [2.45, 2.75) is 45.4 Å². The van der Waals surface area contributed by atoms with Gasteiger partial charge in [0.05, 0.1) is 18.4 Å². The Morgan fingerprint density at radius 3 is 2.29 bits per heavy atom. The molecule has 0 saturated heterocycles. The lowest BCUT2D eigenvalue weighted by molar-refractivity contribution is -0.163. The lowest BCUT2D eigenvalue weighted by atomic mass is 9.64. The summed E-state index contributed by atoms with van der Waals surface area (Å²) in [6.45, 7) is 1.96. The van der Waals surface area contributed by atoms with E-state index in [4.69, 9.17) is 4.74 Å². The second kappa shape index (κ2) is 6.03. The van der Waals surface area contributed by atoms with Crippen LogP contribution in [0.15, 0.2) is 0 Å². The fraction of sp³-hybridized carbons (Fsp3) is 0.846. The van der Waals surface area contributed by atoms with Crippen LogP contribution in [-0.4, -0.2) is 26.0 Å². The number of hydrogen-bond acceptors (Lipinski definition) is 3. The molecule has 4 heteroatoms. The highest BCUT2D eigenvalue weighted by molar-refractivity contribution is 5.88. The first-order chi connectivity index (χ1) is 8.12. The van der Waals surface area contributed by atoms with E-state index >= 15 is 0 Å². The lowest BCUT2D eigenvalue weighted by Crippen LogP contribution is -2.47. The van der Waals surface area contributed by atoms with Crippen LogP contribution in [-0.2, 0) is 14.3 Å². The lowest BCUT2D eigenvalue weighted by Gasteiger charge is -2.39. The van der Waals surface area contributed by atoms with Crippen molar-refractivity contribution in [1.82, 2.24) is 5.32 Å². The fourth-order valence-corrected chi connectivity index (χ4v) is 3.08. The van der Waals surface area contributed by atoms with Crippen LogP contribution in [0.1, 0.15) is 45.4 Å². The molecule has 1 aliphatic rings. The number of ether oxygens (including phenoxy) is 1. The maximum Gasteiger partial charge on any atom is 0.312 e. The molecule has 0 aliphatic heterocycles. The first kappa shape index (κ1) is 14.0. The van der Waals surface area contributed by atoms with Gasteiger partial charge in [-0.15, -0.1) is 0 Å². The summed E-state index contributed by atoms with van der Waals surface area (Å²) in [4.78, 5) is 24.1. The predicted molar refractivity (Wildman–Crippen MR) is 65.4 cm³/mol. The summed E-state index contributed by atoms with van der Waals surface area (Å²) >= 11 is 0. The summed E-state index contributed by atoms with van der Waals surface area (Å²) in [5.74, 6) is -0.521. The molecule has 1 unspecified atom stereocenters. The molecule has 0 radical (unpaired) electrons. The Labute approximate surface area is 103 Å². The maximum absolute atomic E-state index is 12.1. The molecule has 98 valence electrons. The number of nitrogens with one attached hydrogen (secondary N) is 1. The van der Waals surface area contributed by atoms with E-state index < -0.39 is 5.41 Å². The van der Waals surface area contributed by atoms with Crippen molar-refractivity contribution in [2.24, 2.45) is 11.3 Å². The van der Waals surface area contributed by atoms with E-state index in [-0.39, 0.29) is 17.8 Å². The Balaban J connectivity index is 3.02. The van der Waals surface area contributed by atoms with E-state index in [2.05, 4.69) is 5.32 Å². The first-order valence-corrected chi connectivity index (χ1v) is 6.42.